The van der Waals surface area contributed by atoms with Crippen LogP contribution in [-0.2, 0) is 9.53 Å². The minimum absolute atomic E-state index is 0.0344. The number of rotatable bonds is 6. The highest BCUT2D eigenvalue weighted by atomic mass is 35.5. The molecule has 0 atom stereocenters. The molecule has 0 radical (unpaired) electrons. The van der Waals surface area contributed by atoms with Crippen molar-refractivity contribution in [1.82, 2.24) is 4.90 Å². The van der Waals surface area contributed by atoms with Gasteiger partial charge in [-0.1, -0.05) is 24.4 Å². The lowest BCUT2D eigenvalue weighted by Gasteiger charge is -2.29. The molecule has 0 N–H and O–H groups in total. The van der Waals surface area contributed by atoms with E-state index >= 15 is 0 Å². The smallest absolute Gasteiger partial charge is 0.307 e. The molecule has 0 heterocycles. The first-order chi connectivity index (χ1) is 10.6. The van der Waals surface area contributed by atoms with Crippen LogP contribution in [0.5, 0.6) is 0 Å². The van der Waals surface area contributed by atoms with Crippen LogP contribution in [0, 0.1) is 0 Å². The summed E-state index contributed by atoms with van der Waals surface area (Å²) in [6.07, 6.45) is 4.51. The standard InChI is InChI=1S/C17H22ClNO3/c1-2-22-16(20)11-12-19(15-5-3-4-6-15)17(21)13-7-9-14(18)10-8-13/h7-10,15H,2-6,11-12H2,1H3. The molecule has 1 aliphatic rings. The lowest BCUT2D eigenvalue weighted by Crippen LogP contribution is -2.40. The first-order valence-electron chi connectivity index (χ1n) is 7.84. The van der Waals surface area contributed by atoms with Gasteiger partial charge in [-0.2, -0.15) is 0 Å². The van der Waals surface area contributed by atoms with Gasteiger partial charge >= 0.3 is 5.97 Å². The molecule has 120 valence electrons. The van der Waals surface area contributed by atoms with Gasteiger partial charge in [-0.05, 0) is 44.0 Å². The first-order valence-corrected chi connectivity index (χ1v) is 8.21. The summed E-state index contributed by atoms with van der Waals surface area (Å²) in [5, 5.41) is 0.607. The van der Waals surface area contributed by atoms with Gasteiger partial charge in [0.25, 0.3) is 5.91 Å². The zero-order chi connectivity index (χ0) is 15.9. The van der Waals surface area contributed by atoms with Crippen LogP contribution in [0.1, 0.15) is 49.4 Å². The summed E-state index contributed by atoms with van der Waals surface area (Å²) >= 11 is 5.87. The second kappa shape index (κ2) is 8.18. The van der Waals surface area contributed by atoms with Crippen LogP contribution < -0.4 is 0 Å². The van der Waals surface area contributed by atoms with Crippen LogP contribution in [0.3, 0.4) is 0 Å². The van der Waals surface area contributed by atoms with Crippen molar-refractivity contribution in [3.8, 4) is 0 Å². The molecule has 1 saturated carbocycles. The van der Waals surface area contributed by atoms with Crippen LogP contribution >= 0.6 is 11.6 Å². The minimum atomic E-state index is -0.255. The average molecular weight is 324 g/mol. The van der Waals surface area contributed by atoms with Crippen molar-refractivity contribution in [2.45, 2.75) is 45.1 Å². The van der Waals surface area contributed by atoms with E-state index in [4.69, 9.17) is 16.3 Å². The Labute approximate surface area is 136 Å². The Hall–Kier alpha value is -1.55. The maximum absolute atomic E-state index is 12.7. The zero-order valence-corrected chi connectivity index (χ0v) is 13.6. The van der Waals surface area contributed by atoms with E-state index in [9.17, 15) is 9.59 Å². The fourth-order valence-corrected chi connectivity index (χ4v) is 3.00. The van der Waals surface area contributed by atoms with E-state index in [1.807, 2.05) is 4.90 Å². The maximum atomic E-state index is 12.7. The highest BCUT2D eigenvalue weighted by Crippen LogP contribution is 2.25. The number of nitrogens with zero attached hydrogens (tertiary/aromatic N) is 1. The van der Waals surface area contributed by atoms with Gasteiger partial charge in [-0.25, -0.2) is 0 Å². The Morgan fingerprint density at radius 1 is 1.23 bits per heavy atom. The molecule has 0 aliphatic heterocycles. The number of carbonyl (C=O) groups excluding carboxylic acids is 2. The van der Waals surface area contributed by atoms with Gasteiger partial charge in [0.1, 0.15) is 0 Å². The molecule has 0 bridgehead atoms. The molecule has 0 spiro atoms. The molecule has 4 nitrogen and oxygen atoms in total. The molecule has 5 heteroatoms. The van der Waals surface area contributed by atoms with E-state index < -0.39 is 0 Å². The third-order valence-corrected chi connectivity index (χ3v) is 4.23. The van der Waals surface area contributed by atoms with Crippen LogP contribution in [-0.4, -0.2) is 36.0 Å². The van der Waals surface area contributed by atoms with Crippen LogP contribution in [0.25, 0.3) is 0 Å². The summed E-state index contributed by atoms with van der Waals surface area (Å²) in [7, 11) is 0. The average Bonchev–Trinajstić information content (AvgIpc) is 3.02. The van der Waals surface area contributed by atoms with Gasteiger partial charge in [0.05, 0.1) is 13.0 Å². The fraction of sp³-hybridized carbons (Fsp3) is 0.529. The molecule has 2 rings (SSSR count). The van der Waals surface area contributed by atoms with Gasteiger partial charge in [-0.15, -0.1) is 0 Å². The monoisotopic (exact) mass is 323 g/mol. The van der Waals surface area contributed by atoms with Crippen molar-refractivity contribution < 1.29 is 14.3 Å². The van der Waals surface area contributed by atoms with Crippen molar-refractivity contribution in [1.29, 1.82) is 0 Å². The molecule has 1 amide bonds. The van der Waals surface area contributed by atoms with Crippen LogP contribution in [0.4, 0.5) is 0 Å². The maximum Gasteiger partial charge on any atom is 0.307 e. The van der Waals surface area contributed by atoms with E-state index in [2.05, 4.69) is 0 Å². The largest absolute Gasteiger partial charge is 0.466 e. The third-order valence-electron chi connectivity index (χ3n) is 3.98. The lowest BCUT2D eigenvalue weighted by molar-refractivity contribution is -0.143. The van der Waals surface area contributed by atoms with Gasteiger partial charge in [0, 0.05) is 23.2 Å². The molecule has 0 aromatic heterocycles. The second-order valence-corrected chi connectivity index (χ2v) is 5.94. The van der Waals surface area contributed by atoms with Crippen LogP contribution in [0.15, 0.2) is 24.3 Å². The Morgan fingerprint density at radius 2 is 1.86 bits per heavy atom. The number of carbonyl (C=O) groups is 2. The highest BCUT2D eigenvalue weighted by molar-refractivity contribution is 6.30. The van der Waals surface area contributed by atoms with E-state index in [0.29, 0.717) is 23.7 Å². The Morgan fingerprint density at radius 3 is 2.45 bits per heavy atom. The SMILES string of the molecule is CCOC(=O)CCN(C(=O)c1ccc(Cl)cc1)C1CCCC1. The van der Waals surface area contributed by atoms with Crippen molar-refractivity contribution in [2.75, 3.05) is 13.2 Å². The number of halogens is 1. The molecule has 22 heavy (non-hydrogen) atoms. The summed E-state index contributed by atoms with van der Waals surface area (Å²) < 4.78 is 4.96. The number of hydrogen-bond acceptors (Lipinski definition) is 3. The normalized spacial score (nSPS) is 14.8. The van der Waals surface area contributed by atoms with Crippen molar-refractivity contribution in [3.63, 3.8) is 0 Å². The number of amides is 1. The van der Waals surface area contributed by atoms with Gasteiger partial charge in [-0.3, -0.25) is 9.59 Å². The van der Waals surface area contributed by atoms with Crippen molar-refractivity contribution >= 4 is 23.5 Å². The summed E-state index contributed by atoms with van der Waals surface area (Å²) in [4.78, 5) is 26.2. The van der Waals surface area contributed by atoms with Crippen LogP contribution in [0.2, 0.25) is 5.02 Å². The lowest BCUT2D eigenvalue weighted by atomic mass is 10.1. The Bertz CT molecular complexity index is 509. The topological polar surface area (TPSA) is 46.6 Å². The Balaban J connectivity index is 2.07. The second-order valence-electron chi connectivity index (χ2n) is 5.50. The molecule has 0 unspecified atom stereocenters. The summed E-state index contributed by atoms with van der Waals surface area (Å²) in [6, 6.07) is 7.12. The molecule has 1 fully saturated rings. The molecule has 0 saturated heterocycles. The van der Waals surface area contributed by atoms with Gasteiger partial charge in [0.15, 0.2) is 0 Å². The summed E-state index contributed by atoms with van der Waals surface area (Å²) in [6.45, 7) is 2.56. The van der Waals surface area contributed by atoms with E-state index in [1.54, 1.807) is 31.2 Å². The predicted molar refractivity (Wildman–Crippen MR) is 86.0 cm³/mol. The predicted octanol–water partition coefficient (Wildman–Crippen LogP) is 3.68. The first kappa shape index (κ1) is 16.8. The Kier molecular flexibility index (Phi) is 6.25. The van der Waals surface area contributed by atoms with Crippen molar-refractivity contribution in [2.24, 2.45) is 0 Å². The molecule has 1 aliphatic carbocycles. The quantitative estimate of drug-likeness (QED) is 0.750. The summed E-state index contributed by atoms with van der Waals surface area (Å²) in [5.74, 6) is -0.290. The molecular weight excluding hydrogens is 302 g/mol. The highest BCUT2D eigenvalue weighted by Gasteiger charge is 2.27. The zero-order valence-electron chi connectivity index (χ0n) is 12.9. The molecule has 1 aromatic carbocycles. The fourth-order valence-electron chi connectivity index (χ4n) is 2.87. The number of benzene rings is 1. The minimum Gasteiger partial charge on any atom is -0.466 e. The number of ether oxygens (including phenoxy) is 1. The van der Waals surface area contributed by atoms with Gasteiger partial charge < -0.3 is 9.64 Å². The third kappa shape index (κ3) is 4.47. The number of hydrogen-bond donors (Lipinski definition) is 0. The van der Waals surface area contributed by atoms with E-state index in [0.717, 1.165) is 25.7 Å². The molecule has 1 aromatic rings. The van der Waals surface area contributed by atoms with E-state index in [1.165, 1.54) is 0 Å². The number of esters is 1. The van der Waals surface area contributed by atoms with E-state index in [-0.39, 0.29) is 24.3 Å². The molecular formula is C17H22ClNO3. The van der Waals surface area contributed by atoms with Crippen molar-refractivity contribution in [3.05, 3.63) is 34.9 Å². The van der Waals surface area contributed by atoms with Gasteiger partial charge in [0.2, 0.25) is 0 Å². The summed E-state index contributed by atoms with van der Waals surface area (Å²) in [5.41, 5.74) is 0.611.